The van der Waals surface area contributed by atoms with Crippen LogP contribution in [0.4, 0.5) is 0 Å². The molecule has 2 heteroatoms. The minimum absolute atomic E-state index is 0.341. The van der Waals surface area contributed by atoms with Crippen LogP contribution in [0.15, 0.2) is 0 Å². The Morgan fingerprint density at radius 2 is 2.18 bits per heavy atom. The number of nitrogens with one attached hydrogen (secondary N) is 1. The van der Waals surface area contributed by atoms with Crippen LogP contribution in [0.1, 0.15) is 26.7 Å². The minimum atomic E-state index is 0.341. The summed E-state index contributed by atoms with van der Waals surface area (Å²) in [5.74, 6) is 1.46. The molecule has 1 heterocycles. The van der Waals surface area contributed by atoms with Crippen LogP contribution in [0.2, 0.25) is 0 Å². The lowest BCUT2D eigenvalue weighted by atomic mass is 9.93. The summed E-state index contributed by atoms with van der Waals surface area (Å²) in [6, 6.07) is 0. The molecule has 2 nitrogen and oxygen atoms in total. The van der Waals surface area contributed by atoms with Crippen molar-refractivity contribution < 1.29 is 4.79 Å². The quantitative estimate of drug-likeness (QED) is 0.661. The van der Waals surface area contributed by atoms with Gasteiger partial charge in [0.15, 0.2) is 0 Å². The highest BCUT2D eigenvalue weighted by atomic mass is 16.1. The predicted octanol–water partition coefficient (Wildman–Crippen LogP) is 1.21. The van der Waals surface area contributed by atoms with E-state index >= 15 is 0 Å². The van der Waals surface area contributed by atoms with Gasteiger partial charge in [0.1, 0.15) is 5.78 Å². The van der Waals surface area contributed by atoms with Crippen LogP contribution in [-0.2, 0) is 4.79 Å². The molecule has 1 saturated heterocycles. The van der Waals surface area contributed by atoms with E-state index in [2.05, 4.69) is 19.2 Å². The zero-order valence-electron chi connectivity index (χ0n) is 7.39. The second kappa shape index (κ2) is 3.86. The molecule has 0 bridgehead atoms. The monoisotopic (exact) mass is 155 g/mol. The molecular weight excluding hydrogens is 138 g/mol. The maximum Gasteiger partial charge on any atom is 0.138 e. The molecule has 0 aromatic rings. The van der Waals surface area contributed by atoms with Gasteiger partial charge in [-0.1, -0.05) is 13.8 Å². The fourth-order valence-corrected chi connectivity index (χ4v) is 1.15. The molecule has 1 aliphatic rings. The van der Waals surface area contributed by atoms with Crippen LogP contribution in [0.25, 0.3) is 0 Å². The second-order valence-corrected chi connectivity index (χ2v) is 3.75. The molecule has 11 heavy (non-hydrogen) atoms. The highest BCUT2D eigenvalue weighted by Crippen LogP contribution is 2.11. The molecule has 0 unspecified atom stereocenters. The summed E-state index contributed by atoms with van der Waals surface area (Å²) in [6.45, 7) is 6.15. The Morgan fingerprint density at radius 1 is 1.55 bits per heavy atom. The van der Waals surface area contributed by atoms with Gasteiger partial charge in [0, 0.05) is 25.4 Å². The zero-order valence-corrected chi connectivity index (χ0v) is 7.39. The summed E-state index contributed by atoms with van der Waals surface area (Å²) in [7, 11) is 0. The molecule has 0 aliphatic carbocycles. The lowest BCUT2D eigenvalue weighted by Gasteiger charge is -2.25. The normalized spacial score (nSPS) is 18.5. The molecule has 0 saturated carbocycles. The SMILES string of the molecule is CC(C)CCC(=O)C1CNC1. The van der Waals surface area contributed by atoms with E-state index in [1.165, 1.54) is 0 Å². The van der Waals surface area contributed by atoms with Crippen molar-refractivity contribution in [2.24, 2.45) is 11.8 Å². The number of hydrogen-bond donors (Lipinski definition) is 1. The van der Waals surface area contributed by atoms with Crippen molar-refractivity contribution >= 4 is 5.78 Å². The van der Waals surface area contributed by atoms with Gasteiger partial charge in [-0.25, -0.2) is 0 Å². The highest BCUT2D eigenvalue weighted by molar-refractivity contribution is 5.82. The number of carbonyl (C=O) groups excluding carboxylic acids is 1. The van der Waals surface area contributed by atoms with Crippen molar-refractivity contribution in [3.63, 3.8) is 0 Å². The molecule has 1 N–H and O–H groups in total. The number of Topliss-reactive ketones (excluding diaryl/α,β-unsaturated/α-hetero) is 1. The molecule has 0 aromatic carbocycles. The van der Waals surface area contributed by atoms with Crippen LogP contribution >= 0.6 is 0 Å². The predicted molar refractivity (Wildman–Crippen MR) is 45.4 cm³/mol. The van der Waals surface area contributed by atoms with E-state index in [4.69, 9.17) is 0 Å². The van der Waals surface area contributed by atoms with Crippen molar-refractivity contribution in [1.82, 2.24) is 5.32 Å². The van der Waals surface area contributed by atoms with E-state index in [0.717, 1.165) is 25.9 Å². The van der Waals surface area contributed by atoms with E-state index in [9.17, 15) is 4.79 Å². The van der Waals surface area contributed by atoms with E-state index in [-0.39, 0.29) is 0 Å². The zero-order chi connectivity index (χ0) is 8.27. The molecular formula is C9H17NO. The maximum atomic E-state index is 11.3. The average molecular weight is 155 g/mol. The van der Waals surface area contributed by atoms with Gasteiger partial charge in [-0.05, 0) is 12.3 Å². The summed E-state index contributed by atoms with van der Waals surface area (Å²) in [5, 5.41) is 3.11. The van der Waals surface area contributed by atoms with E-state index in [1.54, 1.807) is 0 Å². The Bertz CT molecular complexity index is 138. The van der Waals surface area contributed by atoms with E-state index < -0.39 is 0 Å². The van der Waals surface area contributed by atoms with Crippen molar-refractivity contribution in [2.45, 2.75) is 26.7 Å². The first-order valence-electron chi connectivity index (χ1n) is 4.43. The molecule has 0 aromatic heterocycles. The van der Waals surface area contributed by atoms with Gasteiger partial charge in [0.2, 0.25) is 0 Å². The Morgan fingerprint density at radius 3 is 2.55 bits per heavy atom. The third-order valence-electron chi connectivity index (χ3n) is 2.20. The van der Waals surface area contributed by atoms with Crippen molar-refractivity contribution in [1.29, 1.82) is 0 Å². The lowest BCUT2D eigenvalue weighted by Crippen LogP contribution is -2.46. The second-order valence-electron chi connectivity index (χ2n) is 3.75. The topological polar surface area (TPSA) is 29.1 Å². The average Bonchev–Trinajstić information content (AvgIpc) is 1.79. The first-order chi connectivity index (χ1) is 5.20. The summed E-state index contributed by atoms with van der Waals surface area (Å²) in [5.41, 5.74) is 0. The Hall–Kier alpha value is -0.370. The Kier molecular flexibility index (Phi) is 3.06. The summed E-state index contributed by atoms with van der Waals surface area (Å²) in [4.78, 5) is 11.3. The lowest BCUT2D eigenvalue weighted by molar-refractivity contribution is -0.124. The number of rotatable bonds is 4. The molecule has 64 valence electrons. The number of ketones is 1. The summed E-state index contributed by atoms with van der Waals surface area (Å²) >= 11 is 0. The van der Waals surface area contributed by atoms with E-state index in [0.29, 0.717) is 17.6 Å². The molecule has 0 amide bonds. The number of carbonyl (C=O) groups is 1. The van der Waals surface area contributed by atoms with Crippen LogP contribution in [-0.4, -0.2) is 18.9 Å². The van der Waals surface area contributed by atoms with Gasteiger partial charge in [-0.15, -0.1) is 0 Å². The smallest absolute Gasteiger partial charge is 0.138 e. The summed E-state index contributed by atoms with van der Waals surface area (Å²) in [6.07, 6.45) is 1.83. The van der Waals surface area contributed by atoms with Crippen LogP contribution in [0.5, 0.6) is 0 Å². The molecule has 1 fully saturated rings. The standard InChI is InChI=1S/C9H17NO/c1-7(2)3-4-9(11)8-5-10-6-8/h7-8,10H,3-6H2,1-2H3. The largest absolute Gasteiger partial charge is 0.315 e. The maximum absolute atomic E-state index is 11.3. The first kappa shape index (κ1) is 8.72. The van der Waals surface area contributed by atoms with Crippen molar-refractivity contribution in [3.05, 3.63) is 0 Å². The van der Waals surface area contributed by atoms with Gasteiger partial charge in [-0.2, -0.15) is 0 Å². The Balaban J connectivity index is 2.10. The first-order valence-corrected chi connectivity index (χ1v) is 4.43. The highest BCUT2D eigenvalue weighted by Gasteiger charge is 2.23. The van der Waals surface area contributed by atoms with Crippen molar-refractivity contribution in [2.75, 3.05) is 13.1 Å². The van der Waals surface area contributed by atoms with Crippen LogP contribution in [0, 0.1) is 11.8 Å². The van der Waals surface area contributed by atoms with Gasteiger partial charge in [0.25, 0.3) is 0 Å². The van der Waals surface area contributed by atoms with Crippen molar-refractivity contribution in [3.8, 4) is 0 Å². The minimum Gasteiger partial charge on any atom is -0.315 e. The Labute approximate surface area is 68.4 Å². The molecule has 0 atom stereocenters. The van der Waals surface area contributed by atoms with Crippen LogP contribution < -0.4 is 5.32 Å². The molecule has 0 radical (unpaired) electrons. The van der Waals surface area contributed by atoms with Gasteiger partial charge in [-0.3, -0.25) is 4.79 Å². The molecule has 0 spiro atoms. The van der Waals surface area contributed by atoms with Gasteiger partial charge >= 0.3 is 0 Å². The third kappa shape index (κ3) is 2.62. The van der Waals surface area contributed by atoms with E-state index in [1.807, 2.05) is 0 Å². The molecule has 1 rings (SSSR count). The van der Waals surface area contributed by atoms with Crippen LogP contribution in [0.3, 0.4) is 0 Å². The van der Waals surface area contributed by atoms with Gasteiger partial charge in [0.05, 0.1) is 0 Å². The molecule has 1 aliphatic heterocycles. The third-order valence-corrected chi connectivity index (χ3v) is 2.20. The van der Waals surface area contributed by atoms with Gasteiger partial charge < -0.3 is 5.32 Å². The fraction of sp³-hybridized carbons (Fsp3) is 0.889. The summed E-state index contributed by atoms with van der Waals surface area (Å²) < 4.78 is 0. The fourth-order valence-electron chi connectivity index (χ4n) is 1.15. The number of hydrogen-bond acceptors (Lipinski definition) is 2.